The van der Waals surface area contributed by atoms with Gasteiger partial charge in [0.2, 0.25) is 0 Å². The Bertz CT molecular complexity index is 2680. The monoisotopic (exact) mass is 926 g/mol. The Morgan fingerprint density at radius 3 is 1.97 bits per heavy atom. The Balaban J connectivity index is 1.36. The van der Waals surface area contributed by atoms with E-state index >= 15 is 4.57 Å². The molecule has 4 aromatic carbocycles. The third-order valence-electron chi connectivity index (χ3n) is 11.6. The van der Waals surface area contributed by atoms with Crippen molar-refractivity contribution in [1.82, 2.24) is 19.1 Å². The summed E-state index contributed by atoms with van der Waals surface area (Å²) in [5.41, 5.74) is 1.91. The summed E-state index contributed by atoms with van der Waals surface area (Å²) in [5, 5.41) is 9.79. The first-order chi connectivity index (χ1) is 32.3. The second-order valence-electron chi connectivity index (χ2n) is 17.1. The first-order valence-electron chi connectivity index (χ1n) is 22.4. The highest BCUT2D eigenvalue weighted by molar-refractivity contribution is 7.56. The Morgan fingerprint density at radius 1 is 0.851 bits per heavy atom. The van der Waals surface area contributed by atoms with Gasteiger partial charge in [-0.3, -0.25) is 9.13 Å². The molecule has 4 atom stereocenters. The van der Waals surface area contributed by atoms with Crippen molar-refractivity contribution < 1.29 is 32.5 Å². The van der Waals surface area contributed by atoms with Crippen molar-refractivity contribution in [3.63, 3.8) is 0 Å². The van der Waals surface area contributed by atoms with Crippen LogP contribution in [0.5, 0.6) is 11.5 Å². The Kier molecular flexibility index (Phi) is 15.6. The number of hydrogen-bond acceptors (Lipinski definition) is 11. The summed E-state index contributed by atoms with van der Waals surface area (Å²) >= 11 is 0. The van der Waals surface area contributed by atoms with E-state index in [2.05, 4.69) is 16.0 Å². The molecule has 1 aliphatic heterocycles. The lowest BCUT2D eigenvalue weighted by Crippen LogP contribution is -2.40. The van der Waals surface area contributed by atoms with Crippen LogP contribution in [0.3, 0.4) is 0 Å². The van der Waals surface area contributed by atoms with E-state index < -0.39 is 37.2 Å². The molecule has 0 spiro atoms. The molecule has 6 aromatic rings. The maximum atomic E-state index is 15.4. The van der Waals surface area contributed by atoms with Crippen LogP contribution < -0.4 is 15.2 Å². The molecule has 1 saturated heterocycles. The van der Waals surface area contributed by atoms with Gasteiger partial charge in [-0.2, -0.15) is 10.2 Å². The molecule has 0 bridgehead atoms. The molecule has 0 amide bonds. The fourth-order valence-corrected chi connectivity index (χ4v) is 11.6. The Labute approximate surface area is 392 Å². The van der Waals surface area contributed by atoms with Crippen molar-refractivity contribution in [3.05, 3.63) is 155 Å². The molecule has 0 N–H and O–H groups in total. The number of hydrogen-bond donors (Lipinski definition) is 0. The van der Waals surface area contributed by atoms with Gasteiger partial charge in [0.25, 0.3) is 7.52 Å². The van der Waals surface area contributed by atoms with Crippen LogP contribution in [0, 0.1) is 11.3 Å². The number of methoxy groups -OCH3 is 2. The van der Waals surface area contributed by atoms with E-state index in [4.69, 9.17) is 27.9 Å². The molecule has 1 unspecified atom stereocenters. The fraction of sp³-hybridized carbons (Fsp3) is 0.346. The predicted octanol–water partition coefficient (Wildman–Crippen LogP) is 10.3. The average Bonchev–Trinajstić information content (AvgIpc) is 3.99. The second kappa shape index (κ2) is 21.5. The minimum Gasteiger partial charge on any atom is -0.497 e. The highest BCUT2D eigenvalue weighted by Crippen LogP contribution is 2.57. The third-order valence-corrected chi connectivity index (χ3v) is 14.6. The first kappa shape index (κ1) is 48.6. The molecule has 15 heteroatoms. The molecule has 0 aliphatic carbocycles. The normalized spacial score (nSPS) is 17.3. The van der Waals surface area contributed by atoms with Gasteiger partial charge in [-0.15, -0.1) is 0 Å². The predicted molar refractivity (Wildman–Crippen MR) is 260 cm³/mol. The molecular formula is C52H59N6O8P. The van der Waals surface area contributed by atoms with Crippen LogP contribution in [0.25, 0.3) is 22.6 Å². The van der Waals surface area contributed by atoms with E-state index in [9.17, 15) is 10.1 Å². The minimum atomic E-state index is -3.74. The zero-order valence-corrected chi connectivity index (χ0v) is 40.2. The maximum absolute atomic E-state index is 15.4. The van der Waals surface area contributed by atoms with E-state index in [-0.39, 0.29) is 43.5 Å². The molecule has 67 heavy (non-hydrogen) atoms. The summed E-state index contributed by atoms with van der Waals surface area (Å²) in [7, 11) is 3.15. The molecular weight excluding hydrogens is 868 g/mol. The van der Waals surface area contributed by atoms with Crippen LogP contribution in [-0.2, 0) is 24.2 Å². The van der Waals surface area contributed by atoms with Crippen molar-refractivity contribution in [2.75, 3.05) is 41.1 Å². The summed E-state index contributed by atoms with van der Waals surface area (Å²) in [6.45, 7) is 7.74. The topological polar surface area (TPSA) is 154 Å². The second-order valence-corrected chi connectivity index (χ2v) is 19.5. The lowest BCUT2D eigenvalue weighted by molar-refractivity contribution is -0.0921. The van der Waals surface area contributed by atoms with Gasteiger partial charge < -0.3 is 32.8 Å². The summed E-state index contributed by atoms with van der Waals surface area (Å²) in [6.07, 6.45) is 0.562. The van der Waals surface area contributed by atoms with Crippen LogP contribution in [-0.4, -0.2) is 90.8 Å². The average molecular weight is 927 g/mol. The lowest BCUT2D eigenvalue weighted by atomic mass is 9.80. The maximum Gasteiger partial charge on any atom is 0.351 e. The third kappa shape index (κ3) is 10.8. The number of ether oxygens (including phenoxy) is 4. The molecule has 1 fully saturated rings. The molecule has 14 nitrogen and oxygen atoms in total. The summed E-state index contributed by atoms with van der Waals surface area (Å²) in [4.78, 5) is 25.0. The van der Waals surface area contributed by atoms with E-state index in [1.54, 1.807) is 31.7 Å². The first-order valence-corrected chi connectivity index (χ1v) is 24.1. The van der Waals surface area contributed by atoms with Crippen molar-refractivity contribution in [1.29, 1.82) is 5.26 Å². The standard InChI is InChI=1S/C52H59N6O8P/c1-36(2)58(37(3)4)67(60,31-15-30-53)66-47-32-49(57-33-44(50(55-51(57)59)54-35-56(5)6)46-29-28-45(64-46)38-16-11-9-12-17-38)65-48(47)34-63-52(39-18-13-10-14-19-39,40-20-24-42(61-7)25-21-40)41-22-26-43(62-8)27-23-41/h9-14,16-29,33,35-37,47-49H,15,31-32,34H2,1-8H3/t47-,48+,49+,67?/m0/s1. The number of benzene rings is 4. The van der Waals surface area contributed by atoms with E-state index in [1.165, 1.54) is 4.57 Å². The zero-order valence-electron chi connectivity index (χ0n) is 39.3. The van der Waals surface area contributed by atoms with E-state index in [0.717, 1.165) is 22.3 Å². The molecule has 2 aromatic heterocycles. The van der Waals surface area contributed by atoms with Gasteiger partial charge in [0.15, 0.2) is 5.82 Å². The number of aliphatic imine (C=N–C) groups is 1. The largest absolute Gasteiger partial charge is 0.497 e. The van der Waals surface area contributed by atoms with Crippen molar-refractivity contribution in [2.24, 2.45) is 4.99 Å². The van der Waals surface area contributed by atoms with Gasteiger partial charge >= 0.3 is 5.69 Å². The van der Waals surface area contributed by atoms with Gasteiger partial charge in [0.1, 0.15) is 41.0 Å². The van der Waals surface area contributed by atoms with Crippen LogP contribution >= 0.6 is 7.52 Å². The highest BCUT2D eigenvalue weighted by atomic mass is 31.2. The van der Waals surface area contributed by atoms with Crippen LogP contribution in [0.2, 0.25) is 0 Å². The van der Waals surface area contributed by atoms with Gasteiger partial charge in [-0.05, 0) is 80.8 Å². The van der Waals surface area contributed by atoms with Crippen molar-refractivity contribution >= 4 is 19.7 Å². The Morgan fingerprint density at radius 2 is 1.42 bits per heavy atom. The molecule has 350 valence electrons. The lowest BCUT2D eigenvalue weighted by Gasteiger charge is -2.39. The van der Waals surface area contributed by atoms with Crippen molar-refractivity contribution in [2.45, 2.75) is 76.7 Å². The SMILES string of the molecule is COc1ccc(C(OC[C@H]2O[C@@H](n3cc(-c4ccc(-c5ccccc5)o4)c(N=CN(C)C)nc3=O)C[C@@H]2OP(=O)(CCC#N)N(C(C)C)C(C)C)(c2ccccc2)c2ccc(OC)cc2)cc1. The number of nitriles is 1. The smallest absolute Gasteiger partial charge is 0.351 e. The summed E-state index contributed by atoms with van der Waals surface area (Å²) in [6, 6.07) is 40.5. The van der Waals surface area contributed by atoms with Crippen LogP contribution in [0.1, 0.15) is 63.5 Å². The molecule has 0 saturated carbocycles. The van der Waals surface area contributed by atoms with Crippen LogP contribution in [0.4, 0.5) is 5.82 Å². The van der Waals surface area contributed by atoms with Gasteiger partial charge in [0.05, 0.1) is 51.1 Å². The zero-order chi connectivity index (χ0) is 47.7. The molecule has 0 radical (unpaired) electrons. The van der Waals surface area contributed by atoms with E-state index in [0.29, 0.717) is 28.6 Å². The summed E-state index contributed by atoms with van der Waals surface area (Å²) < 4.78 is 57.4. The summed E-state index contributed by atoms with van der Waals surface area (Å²) in [5.74, 6) is 2.57. The Hall–Kier alpha value is -6.33. The fourth-order valence-electron chi connectivity index (χ4n) is 8.69. The molecule has 1 aliphatic rings. The number of nitrogens with zero attached hydrogens (tertiary/aromatic N) is 6. The molecule has 3 heterocycles. The van der Waals surface area contributed by atoms with Gasteiger partial charge in [0, 0.05) is 50.8 Å². The minimum absolute atomic E-state index is 0.00717. The van der Waals surface area contributed by atoms with Gasteiger partial charge in [-0.1, -0.05) is 84.9 Å². The van der Waals surface area contributed by atoms with Crippen LogP contribution in [0.15, 0.2) is 142 Å². The number of furan rings is 1. The highest BCUT2D eigenvalue weighted by Gasteiger charge is 2.47. The number of aromatic nitrogens is 2. The number of rotatable bonds is 20. The van der Waals surface area contributed by atoms with Gasteiger partial charge in [-0.25, -0.2) is 14.5 Å². The van der Waals surface area contributed by atoms with Crippen molar-refractivity contribution in [3.8, 4) is 40.2 Å². The molecule has 7 rings (SSSR count). The quantitative estimate of drug-likeness (QED) is 0.0310. The van der Waals surface area contributed by atoms with E-state index in [1.807, 2.05) is 168 Å².